The number of hydrogen-bond donors (Lipinski definition) is 3. The second-order valence-electron chi connectivity index (χ2n) is 6.99. The zero-order valence-electron chi connectivity index (χ0n) is 14.1. The molecule has 0 unspecified atom stereocenters. The van der Waals surface area contributed by atoms with E-state index >= 15 is 0 Å². The lowest BCUT2D eigenvalue weighted by molar-refractivity contribution is 0.297. The van der Waals surface area contributed by atoms with Crippen molar-refractivity contribution >= 4 is 12.2 Å². The number of aromatic hydroxyl groups is 1. The maximum absolute atomic E-state index is 12.7. The Balaban J connectivity index is 1.86. The molecule has 0 radical (unpaired) electrons. The topological polar surface area (TPSA) is 70.0 Å². The first-order valence-electron chi connectivity index (χ1n) is 9.05. The van der Waals surface area contributed by atoms with Crippen molar-refractivity contribution in [2.45, 2.75) is 50.6 Å². The molecule has 1 aromatic heterocycles. The molecule has 6 heteroatoms. The molecule has 25 heavy (non-hydrogen) atoms. The Morgan fingerprint density at radius 2 is 1.92 bits per heavy atom. The van der Waals surface area contributed by atoms with Crippen LogP contribution < -0.4 is 10.9 Å². The monoisotopic (exact) mass is 357 g/mol. The van der Waals surface area contributed by atoms with E-state index in [4.69, 9.17) is 12.2 Å². The van der Waals surface area contributed by atoms with Crippen LogP contribution in [0.2, 0.25) is 0 Å². The average Bonchev–Trinajstić information content (AvgIpc) is 2.62. The number of nitrogens with one attached hydrogen (secondary N) is 2. The molecule has 3 N–H and O–H groups in total. The van der Waals surface area contributed by atoms with Gasteiger partial charge in [0.2, 0.25) is 5.88 Å². The van der Waals surface area contributed by atoms with Crippen LogP contribution in [-0.2, 0) is 6.42 Å². The third kappa shape index (κ3) is 2.93. The predicted octanol–water partition coefficient (Wildman–Crippen LogP) is 3.35. The largest absolute Gasteiger partial charge is 0.494 e. The number of benzene rings is 1. The summed E-state index contributed by atoms with van der Waals surface area (Å²) in [6, 6.07) is 7.96. The Kier molecular flexibility index (Phi) is 4.48. The van der Waals surface area contributed by atoms with E-state index in [2.05, 4.69) is 16.4 Å². The average molecular weight is 357 g/mol. The summed E-state index contributed by atoms with van der Waals surface area (Å²) >= 11 is 5.37. The van der Waals surface area contributed by atoms with E-state index in [1.807, 2.05) is 18.2 Å². The molecule has 1 saturated carbocycles. The maximum atomic E-state index is 12.7. The van der Waals surface area contributed by atoms with E-state index in [0.29, 0.717) is 10.3 Å². The molecule has 1 fully saturated rings. The minimum absolute atomic E-state index is 0.0230. The number of fused-ring (bicyclic) bond motifs is 1. The molecule has 5 nitrogen and oxygen atoms in total. The Hall–Kier alpha value is -1.92. The van der Waals surface area contributed by atoms with Crippen molar-refractivity contribution in [3.8, 4) is 5.88 Å². The summed E-state index contributed by atoms with van der Waals surface area (Å²) in [5.74, 6) is 0.0230. The minimum atomic E-state index is -0.306. The van der Waals surface area contributed by atoms with Crippen LogP contribution in [0.3, 0.4) is 0 Å². The van der Waals surface area contributed by atoms with Gasteiger partial charge in [0.25, 0.3) is 5.56 Å². The van der Waals surface area contributed by atoms with Crippen molar-refractivity contribution in [3.05, 3.63) is 56.1 Å². The Labute approximate surface area is 151 Å². The third-order valence-electron chi connectivity index (χ3n) is 5.49. The summed E-state index contributed by atoms with van der Waals surface area (Å²) in [7, 11) is 0. The molecule has 1 aliphatic heterocycles. The quantitative estimate of drug-likeness (QED) is 0.721. The molecule has 2 heterocycles. The Morgan fingerprint density at radius 3 is 2.72 bits per heavy atom. The van der Waals surface area contributed by atoms with E-state index in [1.54, 1.807) is 4.57 Å². The van der Waals surface area contributed by atoms with Gasteiger partial charge in [-0.25, -0.2) is 0 Å². The molecule has 4 rings (SSSR count). The van der Waals surface area contributed by atoms with Crippen LogP contribution in [0.1, 0.15) is 60.9 Å². The highest BCUT2D eigenvalue weighted by molar-refractivity contribution is 7.71. The zero-order valence-corrected chi connectivity index (χ0v) is 14.9. The summed E-state index contributed by atoms with van der Waals surface area (Å²) < 4.78 is 2.09. The number of hydrogen-bond acceptors (Lipinski definition) is 4. The molecule has 0 saturated heterocycles. The van der Waals surface area contributed by atoms with Crippen molar-refractivity contribution in [2.24, 2.45) is 0 Å². The standard InChI is InChI=1S/C19H23N3O2S/c23-17-15(16-14-9-5-4-6-12(14)10-11-20-16)18(24)22(19(25)21-17)13-7-2-1-3-8-13/h4-6,9,13,16,20,24H,1-3,7-8,10-11H2,(H,21,23,25)/t16-/m0/s1. The lowest BCUT2D eigenvalue weighted by Gasteiger charge is -2.30. The highest BCUT2D eigenvalue weighted by Crippen LogP contribution is 2.36. The third-order valence-corrected chi connectivity index (χ3v) is 5.79. The van der Waals surface area contributed by atoms with E-state index in [0.717, 1.165) is 44.2 Å². The van der Waals surface area contributed by atoms with Crippen molar-refractivity contribution in [2.75, 3.05) is 6.54 Å². The van der Waals surface area contributed by atoms with Gasteiger partial charge in [0, 0.05) is 12.6 Å². The normalized spacial score (nSPS) is 21.0. The van der Waals surface area contributed by atoms with Crippen molar-refractivity contribution in [1.29, 1.82) is 0 Å². The van der Waals surface area contributed by atoms with Gasteiger partial charge in [0.1, 0.15) is 0 Å². The zero-order chi connectivity index (χ0) is 17.4. The van der Waals surface area contributed by atoms with Crippen LogP contribution in [0.25, 0.3) is 0 Å². The van der Waals surface area contributed by atoms with Gasteiger partial charge in [-0.1, -0.05) is 43.5 Å². The van der Waals surface area contributed by atoms with Crippen LogP contribution in [0.5, 0.6) is 5.88 Å². The van der Waals surface area contributed by atoms with Crippen LogP contribution in [0.15, 0.2) is 29.1 Å². The van der Waals surface area contributed by atoms with E-state index < -0.39 is 0 Å². The number of aromatic nitrogens is 2. The van der Waals surface area contributed by atoms with Crippen LogP contribution >= 0.6 is 12.2 Å². The first kappa shape index (κ1) is 16.5. The molecular weight excluding hydrogens is 334 g/mol. The predicted molar refractivity (Wildman–Crippen MR) is 99.7 cm³/mol. The van der Waals surface area contributed by atoms with Gasteiger partial charge in [0.05, 0.1) is 11.6 Å². The van der Waals surface area contributed by atoms with Crippen molar-refractivity contribution < 1.29 is 5.11 Å². The molecule has 1 atom stereocenters. The van der Waals surface area contributed by atoms with Gasteiger partial charge in [-0.3, -0.25) is 14.3 Å². The molecule has 132 valence electrons. The highest BCUT2D eigenvalue weighted by Gasteiger charge is 2.29. The van der Waals surface area contributed by atoms with Gasteiger partial charge in [-0.15, -0.1) is 0 Å². The number of nitrogens with zero attached hydrogens (tertiary/aromatic N) is 1. The highest BCUT2D eigenvalue weighted by atomic mass is 32.1. The van der Waals surface area contributed by atoms with Crippen molar-refractivity contribution in [1.82, 2.24) is 14.9 Å². The smallest absolute Gasteiger partial charge is 0.260 e. The molecular formula is C19H23N3O2S. The molecule has 0 bridgehead atoms. The first-order valence-corrected chi connectivity index (χ1v) is 9.46. The summed E-state index contributed by atoms with van der Waals surface area (Å²) in [4.78, 5) is 15.5. The number of H-pyrrole nitrogens is 1. The van der Waals surface area contributed by atoms with Gasteiger partial charge < -0.3 is 10.4 Å². The van der Waals surface area contributed by atoms with E-state index in [1.165, 1.54) is 12.0 Å². The lowest BCUT2D eigenvalue weighted by Crippen LogP contribution is -2.35. The Bertz CT molecular complexity index is 896. The number of rotatable bonds is 2. The molecule has 1 aliphatic carbocycles. The van der Waals surface area contributed by atoms with Gasteiger partial charge in [0.15, 0.2) is 4.77 Å². The maximum Gasteiger partial charge on any atom is 0.260 e. The summed E-state index contributed by atoms with van der Waals surface area (Å²) in [6.07, 6.45) is 6.38. The van der Waals surface area contributed by atoms with Crippen LogP contribution in [0, 0.1) is 4.77 Å². The fraction of sp³-hybridized carbons (Fsp3) is 0.474. The van der Waals surface area contributed by atoms with Crippen LogP contribution in [-0.4, -0.2) is 21.2 Å². The first-order chi connectivity index (χ1) is 12.2. The molecule has 2 aromatic rings. The van der Waals surface area contributed by atoms with E-state index in [9.17, 15) is 9.90 Å². The minimum Gasteiger partial charge on any atom is -0.494 e. The Morgan fingerprint density at radius 1 is 1.16 bits per heavy atom. The van der Waals surface area contributed by atoms with Crippen LogP contribution in [0.4, 0.5) is 0 Å². The summed E-state index contributed by atoms with van der Waals surface area (Å²) in [5.41, 5.74) is 2.36. The lowest BCUT2D eigenvalue weighted by atomic mass is 9.90. The molecule has 0 amide bonds. The second kappa shape index (κ2) is 6.77. The fourth-order valence-electron chi connectivity index (χ4n) is 4.25. The van der Waals surface area contributed by atoms with Crippen molar-refractivity contribution in [3.63, 3.8) is 0 Å². The molecule has 1 aromatic carbocycles. The fourth-order valence-corrected chi connectivity index (χ4v) is 4.58. The molecule has 2 aliphatic rings. The summed E-state index contributed by atoms with van der Waals surface area (Å²) in [6.45, 7) is 0.777. The van der Waals surface area contributed by atoms with Gasteiger partial charge in [-0.2, -0.15) is 0 Å². The molecule has 0 spiro atoms. The van der Waals surface area contributed by atoms with E-state index in [-0.39, 0.29) is 23.5 Å². The van der Waals surface area contributed by atoms with Gasteiger partial charge in [-0.05, 0) is 42.6 Å². The van der Waals surface area contributed by atoms with Gasteiger partial charge >= 0.3 is 0 Å². The SMILES string of the molecule is O=c1[nH]c(=S)n(C2CCCCC2)c(O)c1[C@H]1NCCc2ccccc21. The summed E-state index contributed by atoms with van der Waals surface area (Å²) in [5, 5.41) is 14.4. The number of aromatic amines is 1. The second-order valence-corrected chi connectivity index (χ2v) is 7.38.